The molecule has 3 unspecified atom stereocenters. The number of nitrogens with one attached hydrogen (secondary N) is 1. The smallest absolute Gasteiger partial charge is 0.0451 e. The van der Waals surface area contributed by atoms with E-state index < -0.39 is 0 Å². The second-order valence-corrected chi connectivity index (χ2v) is 7.92. The van der Waals surface area contributed by atoms with E-state index in [2.05, 4.69) is 73.9 Å². The predicted octanol–water partition coefficient (Wildman–Crippen LogP) is 4.53. The van der Waals surface area contributed by atoms with Gasteiger partial charge in [-0.3, -0.25) is 0 Å². The largest absolute Gasteiger partial charge is 0.309 e. The SMILES string of the molecule is CCNC(c1cccc(CC)c1)C1SCCSC1CC. The van der Waals surface area contributed by atoms with Crippen LogP contribution in [0, 0.1) is 0 Å². The molecule has 0 spiro atoms. The number of thioether (sulfide) groups is 2. The summed E-state index contributed by atoms with van der Waals surface area (Å²) in [6.45, 7) is 7.83. The van der Waals surface area contributed by atoms with Crippen molar-refractivity contribution in [3.63, 3.8) is 0 Å². The summed E-state index contributed by atoms with van der Waals surface area (Å²) in [5.41, 5.74) is 2.93. The lowest BCUT2D eigenvalue weighted by Gasteiger charge is -2.36. The van der Waals surface area contributed by atoms with Crippen molar-refractivity contribution in [2.75, 3.05) is 18.1 Å². The number of hydrogen-bond donors (Lipinski definition) is 1. The van der Waals surface area contributed by atoms with E-state index in [1.807, 2.05) is 0 Å². The summed E-state index contributed by atoms with van der Waals surface area (Å²) in [5, 5.41) is 5.23. The van der Waals surface area contributed by atoms with Crippen LogP contribution in [0.2, 0.25) is 0 Å². The zero-order valence-electron chi connectivity index (χ0n) is 12.9. The van der Waals surface area contributed by atoms with Gasteiger partial charge in [-0.05, 0) is 30.5 Å². The third-order valence-corrected chi connectivity index (χ3v) is 7.32. The fourth-order valence-corrected chi connectivity index (χ4v) is 6.15. The number of rotatable bonds is 6. The van der Waals surface area contributed by atoms with E-state index in [-0.39, 0.29) is 0 Å². The van der Waals surface area contributed by atoms with Gasteiger partial charge in [0.15, 0.2) is 0 Å². The maximum Gasteiger partial charge on any atom is 0.0451 e. The Hall–Kier alpha value is -0.120. The highest BCUT2D eigenvalue weighted by molar-refractivity contribution is 8.07. The number of hydrogen-bond acceptors (Lipinski definition) is 3. The van der Waals surface area contributed by atoms with Gasteiger partial charge in [-0.15, -0.1) is 0 Å². The Morgan fingerprint density at radius 2 is 2.00 bits per heavy atom. The molecule has 1 aromatic carbocycles. The maximum atomic E-state index is 3.75. The zero-order chi connectivity index (χ0) is 14.4. The average molecular weight is 310 g/mol. The zero-order valence-corrected chi connectivity index (χ0v) is 14.5. The van der Waals surface area contributed by atoms with Crippen LogP contribution in [0.5, 0.6) is 0 Å². The van der Waals surface area contributed by atoms with Gasteiger partial charge in [-0.2, -0.15) is 23.5 Å². The van der Waals surface area contributed by atoms with Crippen LogP contribution in [-0.4, -0.2) is 28.6 Å². The Bertz CT molecular complexity index is 408. The van der Waals surface area contributed by atoms with Crippen LogP contribution in [0.25, 0.3) is 0 Å². The lowest BCUT2D eigenvalue weighted by Crippen LogP contribution is -2.38. The molecule has 0 radical (unpaired) electrons. The van der Waals surface area contributed by atoms with E-state index in [0.717, 1.165) is 18.2 Å². The van der Waals surface area contributed by atoms with Gasteiger partial charge in [0.2, 0.25) is 0 Å². The van der Waals surface area contributed by atoms with Crippen molar-refractivity contribution in [3.8, 4) is 0 Å². The second-order valence-electron chi connectivity index (χ2n) is 5.29. The minimum atomic E-state index is 0.495. The minimum absolute atomic E-state index is 0.495. The fraction of sp³-hybridized carbons (Fsp3) is 0.647. The normalized spacial score (nSPS) is 24.6. The molecule has 1 fully saturated rings. The molecule has 0 aliphatic carbocycles. The van der Waals surface area contributed by atoms with Crippen molar-refractivity contribution >= 4 is 23.5 Å². The van der Waals surface area contributed by atoms with E-state index in [1.165, 1.54) is 29.1 Å². The summed E-state index contributed by atoms with van der Waals surface area (Å²) in [4.78, 5) is 0. The molecule has 20 heavy (non-hydrogen) atoms. The molecule has 112 valence electrons. The first-order valence-corrected chi connectivity index (χ1v) is 9.95. The topological polar surface area (TPSA) is 12.0 Å². The highest BCUT2D eigenvalue weighted by Gasteiger charge is 2.32. The van der Waals surface area contributed by atoms with Gasteiger partial charge in [0.1, 0.15) is 0 Å². The minimum Gasteiger partial charge on any atom is -0.309 e. The van der Waals surface area contributed by atoms with Gasteiger partial charge < -0.3 is 5.32 Å². The Balaban J connectivity index is 2.24. The third-order valence-electron chi connectivity index (χ3n) is 3.97. The van der Waals surface area contributed by atoms with Crippen molar-refractivity contribution in [1.29, 1.82) is 0 Å². The highest BCUT2D eigenvalue weighted by atomic mass is 32.2. The molecule has 0 bridgehead atoms. The fourth-order valence-electron chi connectivity index (χ4n) is 2.90. The van der Waals surface area contributed by atoms with Crippen molar-refractivity contribution in [2.45, 2.75) is 50.2 Å². The molecule has 0 aromatic heterocycles. The van der Waals surface area contributed by atoms with E-state index >= 15 is 0 Å². The van der Waals surface area contributed by atoms with E-state index in [4.69, 9.17) is 0 Å². The van der Waals surface area contributed by atoms with Crippen molar-refractivity contribution in [1.82, 2.24) is 5.32 Å². The van der Waals surface area contributed by atoms with Crippen LogP contribution < -0.4 is 5.32 Å². The predicted molar refractivity (Wildman–Crippen MR) is 95.0 cm³/mol. The van der Waals surface area contributed by atoms with Crippen LogP contribution in [0.3, 0.4) is 0 Å². The van der Waals surface area contributed by atoms with E-state index in [9.17, 15) is 0 Å². The van der Waals surface area contributed by atoms with Gasteiger partial charge in [0.25, 0.3) is 0 Å². The van der Waals surface area contributed by atoms with Gasteiger partial charge in [-0.1, -0.05) is 45.0 Å². The molecule has 2 rings (SSSR count). The van der Waals surface area contributed by atoms with Gasteiger partial charge in [-0.25, -0.2) is 0 Å². The van der Waals surface area contributed by atoms with Gasteiger partial charge >= 0.3 is 0 Å². The molecule has 3 atom stereocenters. The molecule has 1 saturated heterocycles. The maximum absolute atomic E-state index is 3.75. The molecular weight excluding hydrogens is 282 g/mol. The summed E-state index contributed by atoms with van der Waals surface area (Å²) in [6, 6.07) is 9.67. The second kappa shape index (κ2) is 8.35. The molecule has 1 aromatic rings. The summed E-state index contributed by atoms with van der Waals surface area (Å²) >= 11 is 4.34. The monoisotopic (exact) mass is 309 g/mol. The summed E-state index contributed by atoms with van der Waals surface area (Å²) < 4.78 is 0. The first kappa shape index (κ1) is 16.3. The number of benzene rings is 1. The van der Waals surface area contributed by atoms with Crippen LogP contribution >= 0.6 is 23.5 Å². The van der Waals surface area contributed by atoms with Crippen molar-refractivity contribution in [3.05, 3.63) is 35.4 Å². The Labute approximate surface area is 132 Å². The molecule has 1 heterocycles. The van der Waals surface area contributed by atoms with E-state index in [1.54, 1.807) is 0 Å². The van der Waals surface area contributed by atoms with Crippen LogP contribution in [0.1, 0.15) is 44.4 Å². The highest BCUT2D eigenvalue weighted by Crippen LogP contribution is 2.40. The quantitative estimate of drug-likeness (QED) is 0.829. The summed E-state index contributed by atoms with van der Waals surface area (Å²) in [7, 11) is 0. The molecule has 3 heteroatoms. The molecule has 1 nitrogen and oxygen atoms in total. The Morgan fingerprint density at radius 1 is 1.20 bits per heavy atom. The molecular formula is C17H27NS2. The van der Waals surface area contributed by atoms with Crippen molar-refractivity contribution < 1.29 is 0 Å². The van der Waals surface area contributed by atoms with Gasteiger partial charge in [0, 0.05) is 28.0 Å². The molecule has 1 N–H and O–H groups in total. The Kier molecular flexibility index (Phi) is 6.79. The summed E-state index contributed by atoms with van der Waals surface area (Å²) in [6.07, 6.45) is 2.40. The molecule has 1 aliphatic heterocycles. The van der Waals surface area contributed by atoms with Crippen LogP contribution in [0.15, 0.2) is 24.3 Å². The van der Waals surface area contributed by atoms with E-state index in [0.29, 0.717) is 11.3 Å². The van der Waals surface area contributed by atoms with Crippen molar-refractivity contribution in [2.24, 2.45) is 0 Å². The average Bonchev–Trinajstić information content (AvgIpc) is 2.52. The van der Waals surface area contributed by atoms with Crippen LogP contribution in [0.4, 0.5) is 0 Å². The Morgan fingerprint density at radius 3 is 2.70 bits per heavy atom. The summed E-state index contributed by atoms with van der Waals surface area (Å²) in [5.74, 6) is 2.61. The lowest BCUT2D eigenvalue weighted by molar-refractivity contribution is 0.512. The molecule has 0 amide bonds. The lowest BCUT2D eigenvalue weighted by atomic mass is 9.97. The number of aryl methyl sites for hydroxylation is 1. The van der Waals surface area contributed by atoms with Gasteiger partial charge in [0.05, 0.1) is 0 Å². The third kappa shape index (κ3) is 3.96. The first-order valence-electron chi connectivity index (χ1n) is 7.85. The van der Waals surface area contributed by atoms with Crippen LogP contribution in [-0.2, 0) is 6.42 Å². The first-order chi connectivity index (χ1) is 9.80. The molecule has 1 aliphatic rings. The standard InChI is InChI=1S/C17H27NS2/c1-4-13-8-7-9-14(12-13)16(18-6-3)17-15(5-2)19-10-11-20-17/h7-9,12,15-18H,4-6,10-11H2,1-3H3. The molecule has 0 saturated carbocycles.